The summed E-state index contributed by atoms with van der Waals surface area (Å²) in [5, 5.41) is 3.82. The van der Waals surface area contributed by atoms with Gasteiger partial charge in [-0.3, -0.25) is 4.79 Å². The van der Waals surface area contributed by atoms with Crippen LogP contribution < -0.4 is 4.90 Å². The monoisotopic (exact) mass is 450 g/mol. The zero-order valence-electron chi connectivity index (χ0n) is 16.5. The maximum absolute atomic E-state index is 13.8. The molecule has 31 heavy (non-hydrogen) atoms. The lowest BCUT2D eigenvalue weighted by Crippen LogP contribution is -3.16. The lowest BCUT2D eigenvalue weighted by atomic mass is 10.1. The van der Waals surface area contributed by atoms with Crippen molar-refractivity contribution in [2.24, 2.45) is 0 Å². The molecule has 2 fully saturated rings. The summed E-state index contributed by atoms with van der Waals surface area (Å²) in [5.41, 5.74) is -0.761. The standard InChI is InChI=1S/C21H19ClF3N5O/c22-17-18(20(31)29-10-9-28-8-4-7-14(28)12-29)27-30-16(21(23,24)25)11-15(26-19(17)30)13-5-2-1-3-6-13/h1-3,5-6,11,14H,4,7-10,12H2/p+1/t14-/m0/s1. The van der Waals surface area contributed by atoms with Gasteiger partial charge in [0.25, 0.3) is 5.91 Å². The van der Waals surface area contributed by atoms with Crippen LogP contribution in [0.3, 0.4) is 0 Å². The Bertz CT molecular complexity index is 1150. The lowest BCUT2D eigenvalue weighted by Gasteiger charge is -2.34. The SMILES string of the molecule is O=C(c1nn2c(C(F)(F)F)cc(-c3ccccc3)nc2c1Cl)N1CC[NH+]2CCC[C@H]2C1. The maximum Gasteiger partial charge on any atom is 0.433 e. The first-order chi connectivity index (χ1) is 14.8. The summed E-state index contributed by atoms with van der Waals surface area (Å²) < 4.78 is 42.1. The van der Waals surface area contributed by atoms with Crippen LogP contribution in [0.2, 0.25) is 5.02 Å². The predicted octanol–water partition coefficient (Wildman–Crippen LogP) is 2.57. The molecule has 3 aromatic rings. The van der Waals surface area contributed by atoms with Crippen molar-refractivity contribution in [3.63, 3.8) is 0 Å². The number of carbonyl (C=O) groups excluding carboxylic acids is 1. The van der Waals surface area contributed by atoms with Gasteiger partial charge in [-0.2, -0.15) is 18.3 Å². The molecule has 162 valence electrons. The van der Waals surface area contributed by atoms with E-state index in [4.69, 9.17) is 11.6 Å². The third-order valence-electron chi connectivity index (χ3n) is 6.15. The Morgan fingerprint density at radius 1 is 1.19 bits per heavy atom. The van der Waals surface area contributed by atoms with Gasteiger partial charge in [0, 0.05) is 18.4 Å². The molecule has 6 nitrogen and oxygen atoms in total. The second kappa shape index (κ2) is 7.49. The summed E-state index contributed by atoms with van der Waals surface area (Å²) in [7, 11) is 0. The highest BCUT2D eigenvalue weighted by molar-refractivity contribution is 6.36. The highest BCUT2D eigenvalue weighted by Crippen LogP contribution is 2.34. The van der Waals surface area contributed by atoms with Crippen LogP contribution in [0.1, 0.15) is 29.0 Å². The van der Waals surface area contributed by atoms with Crippen molar-refractivity contribution in [1.29, 1.82) is 0 Å². The average molecular weight is 451 g/mol. The summed E-state index contributed by atoms with van der Waals surface area (Å²) in [6.07, 6.45) is -2.53. The van der Waals surface area contributed by atoms with E-state index in [1.54, 1.807) is 35.2 Å². The number of halogens is 4. The van der Waals surface area contributed by atoms with Crippen LogP contribution in [-0.2, 0) is 6.18 Å². The summed E-state index contributed by atoms with van der Waals surface area (Å²) in [6, 6.07) is 9.82. The zero-order chi connectivity index (χ0) is 21.8. The molecule has 1 amide bonds. The van der Waals surface area contributed by atoms with Gasteiger partial charge in [0.15, 0.2) is 17.0 Å². The van der Waals surface area contributed by atoms with Gasteiger partial charge in [-0.1, -0.05) is 41.9 Å². The molecule has 2 saturated heterocycles. The van der Waals surface area contributed by atoms with Gasteiger partial charge in [0.05, 0.1) is 31.9 Å². The van der Waals surface area contributed by atoms with Crippen molar-refractivity contribution < 1.29 is 22.9 Å². The number of rotatable bonds is 2. The smallest absolute Gasteiger partial charge is 0.330 e. The predicted molar refractivity (Wildman–Crippen MR) is 108 cm³/mol. The van der Waals surface area contributed by atoms with Gasteiger partial charge in [-0.25, -0.2) is 9.50 Å². The van der Waals surface area contributed by atoms with Gasteiger partial charge in [-0.05, 0) is 6.07 Å². The maximum atomic E-state index is 13.8. The van der Waals surface area contributed by atoms with Crippen molar-refractivity contribution in [3.05, 3.63) is 52.8 Å². The largest absolute Gasteiger partial charge is 0.433 e. The fraction of sp³-hybridized carbons (Fsp3) is 0.381. The highest BCUT2D eigenvalue weighted by Gasteiger charge is 2.39. The minimum Gasteiger partial charge on any atom is -0.330 e. The number of hydrogen-bond donors (Lipinski definition) is 1. The van der Waals surface area contributed by atoms with E-state index < -0.39 is 17.8 Å². The average Bonchev–Trinajstić information content (AvgIpc) is 3.36. The molecule has 0 radical (unpaired) electrons. The van der Waals surface area contributed by atoms with E-state index in [0.717, 1.165) is 32.0 Å². The molecule has 0 saturated carbocycles. The Balaban J connectivity index is 1.59. The van der Waals surface area contributed by atoms with E-state index in [0.29, 0.717) is 29.2 Å². The van der Waals surface area contributed by atoms with Crippen molar-refractivity contribution in [2.45, 2.75) is 25.1 Å². The second-order valence-corrected chi connectivity index (χ2v) is 8.41. The van der Waals surface area contributed by atoms with Crippen molar-refractivity contribution in [1.82, 2.24) is 19.5 Å². The molecule has 10 heteroatoms. The molecule has 0 spiro atoms. The Labute approximate surface area is 181 Å². The second-order valence-electron chi connectivity index (χ2n) is 8.04. The van der Waals surface area contributed by atoms with Gasteiger partial charge in [0.1, 0.15) is 11.1 Å². The van der Waals surface area contributed by atoms with Crippen LogP contribution in [0, 0.1) is 0 Å². The molecule has 0 bridgehead atoms. The van der Waals surface area contributed by atoms with Crippen LogP contribution in [0.25, 0.3) is 16.9 Å². The first-order valence-electron chi connectivity index (χ1n) is 10.2. The molecular weight excluding hydrogens is 431 g/mol. The van der Waals surface area contributed by atoms with E-state index in [1.807, 2.05) is 0 Å². The van der Waals surface area contributed by atoms with Crippen LogP contribution in [0.5, 0.6) is 0 Å². The molecule has 5 rings (SSSR count). The molecule has 1 aromatic carbocycles. The number of nitrogens with one attached hydrogen (secondary N) is 1. The van der Waals surface area contributed by atoms with E-state index in [9.17, 15) is 18.0 Å². The first-order valence-corrected chi connectivity index (χ1v) is 10.6. The molecule has 2 aliphatic rings. The van der Waals surface area contributed by atoms with Gasteiger partial charge in [-0.15, -0.1) is 0 Å². The number of amides is 1. The molecule has 1 unspecified atom stereocenters. The molecule has 4 heterocycles. The fourth-order valence-corrected chi connectivity index (χ4v) is 4.83. The Morgan fingerprint density at radius 3 is 2.71 bits per heavy atom. The number of nitrogens with zero attached hydrogens (tertiary/aromatic N) is 4. The third kappa shape index (κ3) is 3.55. The number of aromatic nitrogens is 3. The van der Waals surface area contributed by atoms with Crippen molar-refractivity contribution in [2.75, 3.05) is 26.2 Å². The molecular formula is C21H20ClF3N5O+. The van der Waals surface area contributed by atoms with Crippen LogP contribution in [-0.4, -0.2) is 57.6 Å². The molecule has 0 aliphatic carbocycles. The topological polar surface area (TPSA) is 54.9 Å². The number of fused-ring (bicyclic) bond motifs is 2. The molecule has 2 aromatic heterocycles. The summed E-state index contributed by atoms with van der Waals surface area (Å²) in [6.45, 7) is 3.02. The van der Waals surface area contributed by atoms with E-state index in [1.165, 1.54) is 4.90 Å². The summed E-state index contributed by atoms with van der Waals surface area (Å²) in [5.74, 6) is -0.448. The minimum absolute atomic E-state index is 0.115. The van der Waals surface area contributed by atoms with Gasteiger partial charge >= 0.3 is 6.18 Å². The molecule has 1 N–H and O–H groups in total. The number of alkyl halides is 3. The van der Waals surface area contributed by atoms with Crippen LogP contribution >= 0.6 is 11.6 Å². The third-order valence-corrected chi connectivity index (χ3v) is 6.50. The number of hydrogen-bond acceptors (Lipinski definition) is 3. The van der Waals surface area contributed by atoms with Gasteiger partial charge < -0.3 is 9.80 Å². The normalized spacial score (nSPS) is 21.5. The van der Waals surface area contributed by atoms with E-state index in [2.05, 4.69) is 10.1 Å². The van der Waals surface area contributed by atoms with Crippen molar-refractivity contribution in [3.8, 4) is 11.3 Å². The zero-order valence-corrected chi connectivity index (χ0v) is 17.2. The number of quaternary nitrogens is 1. The highest BCUT2D eigenvalue weighted by atomic mass is 35.5. The Kier molecular flexibility index (Phi) is 4.90. The van der Waals surface area contributed by atoms with Crippen molar-refractivity contribution >= 4 is 23.2 Å². The number of piperazine rings is 1. The Hall–Kier alpha value is -2.65. The lowest BCUT2D eigenvalue weighted by molar-refractivity contribution is -0.916. The fourth-order valence-electron chi connectivity index (χ4n) is 4.59. The summed E-state index contributed by atoms with van der Waals surface area (Å²) in [4.78, 5) is 20.6. The minimum atomic E-state index is -4.70. The first kappa shape index (κ1) is 20.3. The number of carbonyl (C=O) groups is 1. The van der Waals surface area contributed by atoms with E-state index in [-0.39, 0.29) is 22.1 Å². The van der Waals surface area contributed by atoms with E-state index >= 15 is 0 Å². The van der Waals surface area contributed by atoms with Crippen LogP contribution in [0.15, 0.2) is 36.4 Å². The van der Waals surface area contributed by atoms with Crippen LogP contribution in [0.4, 0.5) is 13.2 Å². The Morgan fingerprint density at radius 2 is 1.97 bits per heavy atom. The number of benzene rings is 1. The molecule has 2 aliphatic heterocycles. The quantitative estimate of drug-likeness (QED) is 0.653. The molecule has 2 atom stereocenters. The summed E-state index contributed by atoms with van der Waals surface area (Å²) >= 11 is 6.40. The van der Waals surface area contributed by atoms with Gasteiger partial charge in [0.2, 0.25) is 0 Å².